The van der Waals surface area contributed by atoms with Crippen LogP contribution in [0.15, 0.2) is 36.4 Å². The van der Waals surface area contributed by atoms with Crippen molar-refractivity contribution in [1.29, 1.82) is 0 Å². The van der Waals surface area contributed by atoms with Crippen LogP contribution in [-0.4, -0.2) is 29.2 Å². The number of benzene rings is 2. The molecule has 2 aliphatic heterocycles. The lowest BCUT2D eigenvalue weighted by molar-refractivity contribution is -0.124. The van der Waals surface area contributed by atoms with Gasteiger partial charge in [0.1, 0.15) is 23.1 Å². The van der Waals surface area contributed by atoms with Crippen LogP contribution in [0.2, 0.25) is 5.02 Å². The lowest BCUT2D eigenvalue weighted by atomic mass is 9.81. The van der Waals surface area contributed by atoms with E-state index in [1.807, 2.05) is 25.1 Å². The molecule has 2 aromatic carbocycles. The zero-order valence-corrected chi connectivity index (χ0v) is 16.7. The van der Waals surface area contributed by atoms with Gasteiger partial charge in [-0.15, -0.1) is 0 Å². The van der Waals surface area contributed by atoms with Crippen molar-refractivity contribution in [2.24, 2.45) is 11.8 Å². The molecule has 1 saturated carbocycles. The summed E-state index contributed by atoms with van der Waals surface area (Å²) in [5, 5.41) is 11.1. The van der Waals surface area contributed by atoms with Crippen LogP contribution in [0.5, 0.6) is 11.5 Å². The number of aliphatic hydroxyl groups excluding tert-OH is 1. The summed E-state index contributed by atoms with van der Waals surface area (Å²) < 4.78 is 25.2. The van der Waals surface area contributed by atoms with Gasteiger partial charge < -0.3 is 14.6 Å². The Balaban J connectivity index is 1.48. The predicted octanol–water partition coefficient (Wildman–Crippen LogP) is 4.65. The molecule has 2 saturated heterocycles. The van der Waals surface area contributed by atoms with E-state index in [9.17, 15) is 14.3 Å². The Hall–Kier alpha value is -1.95. The summed E-state index contributed by atoms with van der Waals surface area (Å²) in [6.07, 6.45) is 1.74. The van der Waals surface area contributed by atoms with Crippen LogP contribution in [0.25, 0.3) is 0 Å². The number of carbonyl (C=O) groups excluding carboxylic acids is 1. The highest BCUT2D eigenvalue weighted by atomic mass is 35.5. The van der Waals surface area contributed by atoms with E-state index >= 15 is 0 Å². The fourth-order valence-electron chi connectivity index (χ4n) is 5.38. The zero-order valence-electron chi connectivity index (χ0n) is 16.0. The average Bonchev–Trinajstić information content (AvgIpc) is 3.39. The lowest BCUT2D eigenvalue weighted by Gasteiger charge is -2.23. The van der Waals surface area contributed by atoms with Gasteiger partial charge in [-0.3, -0.25) is 4.79 Å². The summed E-state index contributed by atoms with van der Waals surface area (Å²) in [6, 6.07) is 9.74. The van der Waals surface area contributed by atoms with Crippen molar-refractivity contribution >= 4 is 17.4 Å². The highest BCUT2D eigenvalue weighted by Gasteiger charge is 2.62. The zero-order chi connectivity index (χ0) is 20.3. The summed E-state index contributed by atoms with van der Waals surface area (Å²) in [5.41, 5.74) is 1.82. The molecule has 152 valence electrons. The normalized spacial score (nSPS) is 32.6. The van der Waals surface area contributed by atoms with E-state index in [0.717, 1.165) is 30.4 Å². The maximum atomic E-state index is 13.4. The molecule has 2 aromatic rings. The maximum Gasteiger partial charge on any atom is 0.149 e. The Morgan fingerprint density at radius 2 is 1.90 bits per heavy atom. The molecule has 0 radical (unpaired) electrons. The Kier molecular flexibility index (Phi) is 4.65. The minimum absolute atomic E-state index is 0.0141. The summed E-state index contributed by atoms with van der Waals surface area (Å²) >= 11 is 5.84. The van der Waals surface area contributed by atoms with Crippen molar-refractivity contribution in [2.45, 2.75) is 50.4 Å². The van der Waals surface area contributed by atoms with E-state index in [2.05, 4.69) is 0 Å². The molecule has 0 amide bonds. The Bertz CT molecular complexity index is 977. The van der Waals surface area contributed by atoms with Gasteiger partial charge >= 0.3 is 0 Å². The second-order valence-corrected chi connectivity index (χ2v) is 8.56. The minimum atomic E-state index is -0.747. The molecular formula is C23H22ClFO4. The van der Waals surface area contributed by atoms with Crippen LogP contribution < -0.4 is 4.74 Å². The van der Waals surface area contributed by atoms with Crippen molar-refractivity contribution in [2.75, 3.05) is 0 Å². The van der Waals surface area contributed by atoms with Crippen molar-refractivity contribution in [3.8, 4) is 11.5 Å². The molecule has 5 rings (SSSR count). The molecule has 6 unspecified atom stereocenters. The van der Waals surface area contributed by atoms with Gasteiger partial charge in [0.25, 0.3) is 0 Å². The van der Waals surface area contributed by atoms with Gasteiger partial charge in [0.15, 0.2) is 0 Å². The van der Waals surface area contributed by atoms with Crippen LogP contribution in [0.1, 0.15) is 36.8 Å². The fraction of sp³-hybridized carbons (Fsp3) is 0.435. The monoisotopic (exact) mass is 416 g/mol. The fourth-order valence-corrected chi connectivity index (χ4v) is 5.55. The summed E-state index contributed by atoms with van der Waals surface area (Å²) in [5.74, 6) is -0.387. The molecule has 2 heterocycles. The molecule has 1 aliphatic carbocycles. The summed E-state index contributed by atoms with van der Waals surface area (Å²) in [7, 11) is 0. The number of fused-ring (bicyclic) bond motifs is 5. The van der Waals surface area contributed by atoms with Crippen molar-refractivity contribution in [3.05, 3.63) is 58.4 Å². The van der Waals surface area contributed by atoms with Gasteiger partial charge in [0.2, 0.25) is 0 Å². The van der Waals surface area contributed by atoms with E-state index in [-0.39, 0.29) is 34.8 Å². The first-order valence-corrected chi connectivity index (χ1v) is 10.5. The first-order valence-electron chi connectivity index (χ1n) is 10.1. The number of carbonyl (C=O) groups is 1. The Morgan fingerprint density at radius 3 is 2.62 bits per heavy atom. The quantitative estimate of drug-likeness (QED) is 0.787. The molecular weight excluding hydrogens is 395 g/mol. The van der Waals surface area contributed by atoms with Gasteiger partial charge in [-0.05, 0) is 54.7 Å². The first-order chi connectivity index (χ1) is 14.0. The van der Waals surface area contributed by atoms with Gasteiger partial charge in [-0.25, -0.2) is 4.39 Å². The number of hydrogen-bond donors (Lipinski definition) is 1. The SMILES string of the molecule is CCc1ccc(Oc2ccc(F)c(Cl)c2)cc1C1C(=O)C2C3CCC(O3)C2C1O. The number of ether oxygens (including phenoxy) is 2. The second kappa shape index (κ2) is 7.08. The molecule has 6 heteroatoms. The lowest BCUT2D eigenvalue weighted by Crippen LogP contribution is -2.31. The van der Waals surface area contributed by atoms with Gasteiger partial charge in [-0.1, -0.05) is 24.6 Å². The van der Waals surface area contributed by atoms with Crippen LogP contribution in [0, 0.1) is 17.7 Å². The van der Waals surface area contributed by atoms with Gasteiger partial charge in [0.05, 0.1) is 35.2 Å². The smallest absolute Gasteiger partial charge is 0.149 e. The number of halogens is 2. The maximum absolute atomic E-state index is 13.4. The highest BCUT2D eigenvalue weighted by molar-refractivity contribution is 6.30. The molecule has 1 N–H and O–H groups in total. The van der Waals surface area contributed by atoms with Gasteiger partial charge in [0, 0.05) is 12.0 Å². The molecule has 0 spiro atoms. The van der Waals surface area contributed by atoms with E-state index in [0.29, 0.717) is 11.5 Å². The van der Waals surface area contributed by atoms with Crippen LogP contribution >= 0.6 is 11.6 Å². The molecule has 3 fully saturated rings. The third-order valence-corrected chi connectivity index (χ3v) is 6.95. The number of aryl methyl sites for hydroxylation is 1. The molecule has 6 atom stereocenters. The standard InChI is InChI=1S/C23H22ClFO4/c1-2-11-3-4-12(28-13-5-6-16(25)15(24)10-13)9-14(11)19-22(26)20-17-7-8-18(29-17)21(20)23(19)27/h3-6,9-10,17-22,26H,2,7-8H2,1H3. The summed E-state index contributed by atoms with van der Waals surface area (Å²) in [4.78, 5) is 13.3. The molecule has 2 bridgehead atoms. The van der Waals surface area contributed by atoms with E-state index in [4.69, 9.17) is 21.1 Å². The number of ketones is 1. The largest absolute Gasteiger partial charge is 0.457 e. The van der Waals surface area contributed by atoms with Crippen molar-refractivity contribution in [1.82, 2.24) is 0 Å². The molecule has 3 aliphatic rings. The van der Waals surface area contributed by atoms with Crippen LogP contribution in [-0.2, 0) is 16.0 Å². The van der Waals surface area contributed by atoms with Crippen molar-refractivity contribution < 1.29 is 23.8 Å². The first kappa shape index (κ1) is 19.0. The van der Waals surface area contributed by atoms with E-state index < -0.39 is 17.8 Å². The number of rotatable bonds is 4. The Labute approximate surface area is 173 Å². The topological polar surface area (TPSA) is 55.8 Å². The van der Waals surface area contributed by atoms with E-state index in [1.54, 1.807) is 0 Å². The second-order valence-electron chi connectivity index (χ2n) is 8.16. The number of hydrogen-bond acceptors (Lipinski definition) is 4. The number of aliphatic hydroxyl groups is 1. The minimum Gasteiger partial charge on any atom is -0.457 e. The van der Waals surface area contributed by atoms with Gasteiger partial charge in [-0.2, -0.15) is 0 Å². The third-order valence-electron chi connectivity index (χ3n) is 6.66. The number of Topliss-reactive ketones (excluding diaryl/α,β-unsaturated/α-hetero) is 1. The molecule has 29 heavy (non-hydrogen) atoms. The molecule has 0 aromatic heterocycles. The highest BCUT2D eigenvalue weighted by Crippen LogP contribution is 2.54. The molecule has 4 nitrogen and oxygen atoms in total. The average molecular weight is 417 g/mol. The van der Waals surface area contributed by atoms with Crippen molar-refractivity contribution in [3.63, 3.8) is 0 Å². The summed E-state index contributed by atoms with van der Waals surface area (Å²) in [6.45, 7) is 2.03. The Morgan fingerprint density at radius 1 is 1.17 bits per heavy atom. The van der Waals surface area contributed by atoms with E-state index in [1.165, 1.54) is 18.2 Å². The van der Waals surface area contributed by atoms with Crippen LogP contribution in [0.3, 0.4) is 0 Å². The third kappa shape index (κ3) is 2.98. The van der Waals surface area contributed by atoms with Crippen LogP contribution in [0.4, 0.5) is 4.39 Å². The predicted molar refractivity (Wildman–Crippen MR) is 106 cm³/mol.